The molecule has 84 valence electrons. The minimum Gasteiger partial charge on any atom is -0.344 e. The molecule has 1 amide bonds. The van der Waals surface area contributed by atoms with Gasteiger partial charge in [-0.05, 0) is 12.0 Å². The van der Waals surface area contributed by atoms with Crippen molar-refractivity contribution in [3.8, 4) is 0 Å². The molecule has 1 aliphatic rings. The lowest BCUT2D eigenvalue weighted by molar-refractivity contribution is -0.120. The summed E-state index contributed by atoms with van der Waals surface area (Å²) in [6.07, 6.45) is 0.610. The number of hydroxylamine groups is 1. The highest BCUT2D eigenvalue weighted by molar-refractivity contribution is 5.96. The van der Waals surface area contributed by atoms with Gasteiger partial charge < -0.3 is 5.32 Å². The third-order valence-electron chi connectivity index (χ3n) is 2.46. The predicted molar refractivity (Wildman–Crippen MR) is 59.3 cm³/mol. The quantitative estimate of drug-likeness (QED) is 0.618. The molecule has 0 aliphatic carbocycles. The summed E-state index contributed by atoms with van der Waals surface area (Å²) in [5.41, 5.74) is 3.11. The molecule has 3 N–H and O–H groups in total. The van der Waals surface area contributed by atoms with Crippen LogP contribution >= 0.6 is 0 Å². The molecular formula is C11H13N3O2. The summed E-state index contributed by atoms with van der Waals surface area (Å²) in [5, 5.41) is 11.7. The molecule has 0 radical (unpaired) electrons. The molecule has 1 atom stereocenters. The number of rotatable bonds is 2. The van der Waals surface area contributed by atoms with Crippen molar-refractivity contribution in [2.45, 2.75) is 12.5 Å². The van der Waals surface area contributed by atoms with Crippen molar-refractivity contribution in [1.82, 2.24) is 10.8 Å². The molecule has 0 fully saturated rings. The smallest absolute Gasteiger partial charge is 0.242 e. The van der Waals surface area contributed by atoms with E-state index in [1.807, 2.05) is 35.8 Å². The van der Waals surface area contributed by atoms with E-state index >= 15 is 0 Å². The molecule has 0 saturated heterocycles. The van der Waals surface area contributed by atoms with Crippen LogP contribution in [0, 0.1) is 0 Å². The minimum absolute atomic E-state index is 0.0637. The van der Waals surface area contributed by atoms with Gasteiger partial charge in [0.05, 0.1) is 6.04 Å². The topological polar surface area (TPSA) is 73.7 Å². The van der Waals surface area contributed by atoms with Gasteiger partial charge in [-0.15, -0.1) is 0 Å². The summed E-state index contributed by atoms with van der Waals surface area (Å²) >= 11 is 0. The fourth-order valence-electron chi connectivity index (χ4n) is 1.69. The lowest BCUT2D eigenvalue weighted by Gasteiger charge is -2.23. The maximum absolute atomic E-state index is 11.2. The Morgan fingerprint density at radius 2 is 2.19 bits per heavy atom. The van der Waals surface area contributed by atoms with Gasteiger partial charge in [0.1, 0.15) is 12.4 Å². The SMILES string of the molecule is O=C1CN=C(NO)C(Cc2ccccc2)N1. The van der Waals surface area contributed by atoms with Gasteiger partial charge in [0.2, 0.25) is 5.91 Å². The van der Waals surface area contributed by atoms with Crippen LogP contribution in [0.4, 0.5) is 0 Å². The molecule has 1 aliphatic heterocycles. The second-order valence-corrected chi connectivity index (χ2v) is 3.62. The first-order valence-corrected chi connectivity index (χ1v) is 5.07. The maximum Gasteiger partial charge on any atom is 0.242 e. The molecule has 0 aromatic heterocycles. The number of hydrogen-bond donors (Lipinski definition) is 3. The fraction of sp³-hybridized carbons (Fsp3) is 0.273. The number of amidine groups is 1. The zero-order valence-corrected chi connectivity index (χ0v) is 8.68. The zero-order chi connectivity index (χ0) is 11.4. The number of aliphatic imine (C=N–C) groups is 1. The van der Waals surface area contributed by atoms with Crippen molar-refractivity contribution >= 4 is 11.7 Å². The van der Waals surface area contributed by atoms with Crippen LogP contribution in [0.25, 0.3) is 0 Å². The molecule has 5 nitrogen and oxygen atoms in total. The van der Waals surface area contributed by atoms with Crippen molar-refractivity contribution < 1.29 is 10.0 Å². The average molecular weight is 219 g/mol. The number of benzene rings is 1. The molecular weight excluding hydrogens is 206 g/mol. The number of carbonyl (C=O) groups excluding carboxylic acids is 1. The Balaban J connectivity index is 2.11. The first kappa shape index (κ1) is 10.6. The Morgan fingerprint density at radius 1 is 1.44 bits per heavy atom. The Hall–Kier alpha value is -1.88. The molecule has 1 heterocycles. The molecule has 1 aromatic rings. The molecule has 1 unspecified atom stereocenters. The number of nitrogens with one attached hydrogen (secondary N) is 2. The van der Waals surface area contributed by atoms with Crippen molar-refractivity contribution in [2.24, 2.45) is 4.99 Å². The highest BCUT2D eigenvalue weighted by Gasteiger charge is 2.22. The second-order valence-electron chi connectivity index (χ2n) is 3.62. The van der Waals surface area contributed by atoms with Gasteiger partial charge in [-0.1, -0.05) is 30.3 Å². The van der Waals surface area contributed by atoms with Crippen molar-refractivity contribution in [1.29, 1.82) is 0 Å². The molecule has 16 heavy (non-hydrogen) atoms. The van der Waals surface area contributed by atoms with Crippen LogP contribution < -0.4 is 10.8 Å². The highest BCUT2D eigenvalue weighted by Crippen LogP contribution is 2.06. The van der Waals surface area contributed by atoms with E-state index in [0.717, 1.165) is 5.56 Å². The Labute approximate surface area is 93.2 Å². The first-order chi connectivity index (χ1) is 7.79. The van der Waals surface area contributed by atoms with E-state index in [-0.39, 0.29) is 18.5 Å². The normalized spacial score (nSPS) is 19.9. The summed E-state index contributed by atoms with van der Waals surface area (Å²) in [4.78, 5) is 15.1. The molecule has 5 heteroatoms. The van der Waals surface area contributed by atoms with Gasteiger partial charge in [0, 0.05) is 0 Å². The Bertz CT molecular complexity index is 403. The zero-order valence-electron chi connectivity index (χ0n) is 8.68. The van der Waals surface area contributed by atoms with E-state index in [4.69, 9.17) is 5.21 Å². The molecule has 0 bridgehead atoms. The van der Waals surface area contributed by atoms with Crippen LogP contribution in [-0.2, 0) is 11.2 Å². The molecule has 2 rings (SSSR count). The maximum atomic E-state index is 11.2. The summed E-state index contributed by atoms with van der Waals surface area (Å²) in [7, 11) is 0. The fourth-order valence-corrected chi connectivity index (χ4v) is 1.69. The van der Waals surface area contributed by atoms with Crippen molar-refractivity contribution in [3.63, 3.8) is 0 Å². The van der Waals surface area contributed by atoms with Crippen LogP contribution in [0.15, 0.2) is 35.3 Å². The van der Waals surface area contributed by atoms with E-state index < -0.39 is 0 Å². The summed E-state index contributed by atoms with van der Waals surface area (Å²) in [6, 6.07) is 9.45. The number of amides is 1. The minimum atomic E-state index is -0.284. The second kappa shape index (κ2) is 4.76. The van der Waals surface area contributed by atoms with Gasteiger partial charge in [-0.25, -0.2) is 0 Å². The van der Waals surface area contributed by atoms with Gasteiger partial charge in [0.25, 0.3) is 0 Å². The standard InChI is InChI=1S/C11H13N3O2/c15-10-7-12-11(14-16)9(13-10)6-8-4-2-1-3-5-8/h1-5,9,16H,6-7H2,(H,12,14)(H,13,15). The molecule has 0 spiro atoms. The van der Waals surface area contributed by atoms with Gasteiger partial charge in [-0.3, -0.25) is 20.5 Å². The highest BCUT2D eigenvalue weighted by atomic mass is 16.5. The van der Waals surface area contributed by atoms with E-state index in [2.05, 4.69) is 10.3 Å². The van der Waals surface area contributed by atoms with E-state index in [0.29, 0.717) is 12.3 Å². The van der Waals surface area contributed by atoms with Gasteiger partial charge in [-0.2, -0.15) is 0 Å². The number of hydrogen-bond acceptors (Lipinski definition) is 4. The average Bonchev–Trinajstić information content (AvgIpc) is 2.31. The van der Waals surface area contributed by atoms with E-state index in [1.165, 1.54) is 0 Å². The lowest BCUT2D eigenvalue weighted by atomic mass is 10.0. The van der Waals surface area contributed by atoms with Crippen molar-refractivity contribution in [2.75, 3.05) is 6.54 Å². The largest absolute Gasteiger partial charge is 0.344 e. The lowest BCUT2D eigenvalue weighted by Crippen LogP contribution is -2.51. The Morgan fingerprint density at radius 3 is 2.88 bits per heavy atom. The van der Waals surface area contributed by atoms with E-state index in [1.54, 1.807) is 0 Å². The van der Waals surface area contributed by atoms with Crippen LogP contribution in [0.1, 0.15) is 5.56 Å². The predicted octanol–water partition coefficient (Wildman–Crippen LogP) is 0.105. The van der Waals surface area contributed by atoms with Crippen LogP contribution in [0.3, 0.4) is 0 Å². The van der Waals surface area contributed by atoms with Crippen LogP contribution in [0.2, 0.25) is 0 Å². The third-order valence-corrected chi connectivity index (χ3v) is 2.46. The van der Waals surface area contributed by atoms with Gasteiger partial charge in [0.15, 0.2) is 0 Å². The van der Waals surface area contributed by atoms with Crippen LogP contribution in [-0.4, -0.2) is 29.5 Å². The molecule has 1 aromatic carbocycles. The third kappa shape index (κ3) is 2.38. The van der Waals surface area contributed by atoms with Gasteiger partial charge >= 0.3 is 0 Å². The number of carbonyl (C=O) groups is 1. The summed E-state index contributed by atoms with van der Waals surface area (Å²) in [6.45, 7) is 0.0637. The van der Waals surface area contributed by atoms with Crippen molar-refractivity contribution in [3.05, 3.63) is 35.9 Å². The molecule has 0 saturated carbocycles. The monoisotopic (exact) mass is 219 g/mol. The summed E-state index contributed by atoms with van der Waals surface area (Å²) in [5.74, 6) is 0.281. The van der Waals surface area contributed by atoms with Crippen LogP contribution in [0.5, 0.6) is 0 Å². The van der Waals surface area contributed by atoms with E-state index in [9.17, 15) is 4.79 Å². The summed E-state index contributed by atoms with van der Waals surface area (Å²) < 4.78 is 0. The Kier molecular flexibility index (Phi) is 3.16. The number of nitrogens with zero attached hydrogens (tertiary/aromatic N) is 1. The first-order valence-electron chi connectivity index (χ1n) is 5.07.